The maximum absolute atomic E-state index is 13.5. The van der Waals surface area contributed by atoms with Crippen LogP contribution in [0.3, 0.4) is 0 Å². The average Bonchev–Trinajstić information content (AvgIpc) is 2.92. The highest BCUT2D eigenvalue weighted by Gasteiger charge is 2.37. The van der Waals surface area contributed by atoms with E-state index in [1.54, 1.807) is 36.4 Å². The number of benzene rings is 3. The van der Waals surface area contributed by atoms with Crippen molar-refractivity contribution in [2.75, 3.05) is 31.7 Å². The quantitative estimate of drug-likeness (QED) is 0.474. The molecule has 0 radical (unpaired) electrons. The molecule has 0 saturated heterocycles. The van der Waals surface area contributed by atoms with Crippen LogP contribution in [0.25, 0.3) is 0 Å². The molecule has 0 spiro atoms. The number of fused-ring (bicyclic) bond motifs is 2. The summed E-state index contributed by atoms with van der Waals surface area (Å²) in [5.41, 5.74) is 2.22. The van der Waals surface area contributed by atoms with E-state index >= 15 is 0 Å². The van der Waals surface area contributed by atoms with Gasteiger partial charge in [0, 0.05) is 18.3 Å². The predicted octanol–water partition coefficient (Wildman–Crippen LogP) is 3.32. The monoisotopic (exact) mass is 522 g/mol. The minimum Gasteiger partial charge on any atom is -0.486 e. The van der Waals surface area contributed by atoms with Crippen molar-refractivity contribution >= 4 is 27.6 Å². The highest BCUT2D eigenvalue weighted by molar-refractivity contribution is 7.89. The smallest absolute Gasteiger partial charge is 0.308 e. The van der Waals surface area contributed by atoms with E-state index in [-0.39, 0.29) is 17.9 Å². The first-order valence-electron chi connectivity index (χ1n) is 11.9. The number of carbonyl (C=O) groups excluding carboxylic acids is 2. The van der Waals surface area contributed by atoms with E-state index in [1.807, 2.05) is 24.3 Å². The first-order valence-corrected chi connectivity index (χ1v) is 13.4. The van der Waals surface area contributed by atoms with Gasteiger partial charge in [-0.3, -0.25) is 9.59 Å². The molecule has 0 aromatic heterocycles. The molecular weight excluding hydrogens is 496 g/mol. The summed E-state index contributed by atoms with van der Waals surface area (Å²) in [6.07, 6.45) is 0.312. The molecule has 1 amide bonds. The van der Waals surface area contributed by atoms with Gasteiger partial charge in [0.25, 0.3) is 5.91 Å². The number of amides is 1. The number of ether oxygens (including phenoxy) is 3. The maximum Gasteiger partial charge on any atom is 0.308 e. The van der Waals surface area contributed by atoms with Crippen LogP contribution in [0.4, 0.5) is 5.69 Å². The molecule has 3 aromatic carbocycles. The number of nitrogens with one attached hydrogen (secondary N) is 1. The maximum atomic E-state index is 13.5. The van der Waals surface area contributed by atoms with Crippen LogP contribution in [0.15, 0.2) is 77.7 Å². The van der Waals surface area contributed by atoms with Gasteiger partial charge in [0.05, 0.1) is 17.4 Å². The standard InChI is InChI=1S/C27H26N2O7S/c30-26(28-20-10-11-24-25(16-20)35-15-14-34-24)18-36-27(31)17-23-22-9-5-4-6-19(22)12-13-29(23)37(32,33)21-7-2-1-3-8-21/h1-11,16,23H,12-15,17-18H2,(H,28,30). The first-order chi connectivity index (χ1) is 17.9. The normalized spacial score (nSPS) is 16.9. The minimum atomic E-state index is -3.85. The van der Waals surface area contributed by atoms with Crippen LogP contribution >= 0.6 is 0 Å². The van der Waals surface area contributed by atoms with Crippen molar-refractivity contribution in [2.45, 2.75) is 23.8 Å². The predicted molar refractivity (Wildman–Crippen MR) is 135 cm³/mol. The van der Waals surface area contributed by atoms with Crippen LogP contribution < -0.4 is 14.8 Å². The second-order valence-electron chi connectivity index (χ2n) is 8.66. The van der Waals surface area contributed by atoms with Crippen molar-refractivity contribution in [1.29, 1.82) is 0 Å². The van der Waals surface area contributed by atoms with E-state index < -0.39 is 34.5 Å². The highest BCUT2D eigenvalue weighted by atomic mass is 32.2. The summed E-state index contributed by atoms with van der Waals surface area (Å²) in [6.45, 7) is 0.609. The van der Waals surface area contributed by atoms with Crippen molar-refractivity contribution < 1.29 is 32.2 Å². The van der Waals surface area contributed by atoms with Crippen LogP contribution in [0.1, 0.15) is 23.6 Å². The van der Waals surface area contributed by atoms with Gasteiger partial charge in [0.1, 0.15) is 13.2 Å². The van der Waals surface area contributed by atoms with Crippen LogP contribution in [-0.2, 0) is 30.8 Å². The second kappa shape index (κ2) is 10.6. The SMILES string of the molecule is O=C(COC(=O)CC1c2ccccc2CCN1S(=O)(=O)c1ccccc1)Nc1ccc2c(c1)OCCO2. The van der Waals surface area contributed by atoms with Crippen molar-refractivity contribution in [3.63, 3.8) is 0 Å². The molecule has 2 aliphatic heterocycles. The molecule has 0 fully saturated rings. The fourth-order valence-corrected chi connectivity index (χ4v) is 6.16. The number of nitrogens with zero attached hydrogens (tertiary/aromatic N) is 1. The Morgan fingerprint density at radius 1 is 0.946 bits per heavy atom. The largest absolute Gasteiger partial charge is 0.486 e. The zero-order valence-corrected chi connectivity index (χ0v) is 20.8. The summed E-state index contributed by atoms with van der Waals surface area (Å²) in [6, 6.07) is 19.8. The second-order valence-corrected chi connectivity index (χ2v) is 10.6. The van der Waals surface area contributed by atoms with Gasteiger partial charge in [-0.1, -0.05) is 42.5 Å². The lowest BCUT2D eigenvalue weighted by Crippen LogP contribution is -2.41. The summed E-state index contributed by atoms with van der Waals surface area (Å²) in [5.74, 6) is -0.0784. The topological polar surface area (TPSA) is 111 Å². The van der Waals surface area contributed by atoms with Crippen molar-refractivity contribution in [1.82, 2.24) is 4.31 Å². The first kappa shape index (κ1) is 24.8. The average molecular weight is 523 g/mol. The lowest BCUT2D eigenvalue weighted by Gasteiger charge is -2.36. The van der Waals surface area contributed by atoms with E-state index in [2.05, 4.69) is 5.32 Å². The van der Waals surface area contributed by atoms with E-state index in [1.165, 1.54) is 16.4 Å². The van der Waals surface area contributed by atoms with E-state index in [0.717, 1.165) is 11.1 Å². The van der Waals surface area contributed by atoms with Crippen LogP contribution in [0.2, 0.25) is 0 Å². The Morgan fingerprint density at radius 3 is 2.49 bits per heavy atom. The molecule has 0 saturated carbocycles. The molecule has 2 aliphatic rings. The van der Waals surface area contributed by atoms with Gasteiger partial charge in [0.2, 0.25) is 10.0 Å². The molecule has 0 aliphatic carbocycles. The van der Waals surface area contributed by atoms with E-state index in [9.17, 15) is 18.0 Å². The molecular formula is C27H26N2O7S. The molecule has 5 rings (SSSR count). The van der Waals surface area contributed by atoms with Gasteiger partial charge in [-0.25, -0.2) is 8.42 Å². The third kappa shape index (κ3) is 5.45. The van der Waals surface area contributed by atoms with Crippen molar-refractivity contribution in [3.8, 4) is 11.5 Å². The molecule has 192 valence electrons. The third-order valence-corrected chi connectivity index (χ3v) is 8.19. The number of carbonyl (C=O) groups is 2. The number of sulfonamides is 1. The van der Waals surface area contributed by atoms with Gasteiger partial charge in [-0.15, -0.1) is 0 Å². The summed E-state index contributed by atoms with van der Waals surface area (Å²) in [5, 5.41) is 2.66. The van der Waals surface area contributed by atoms with Gasteiger partial charge in [-0.2, -0.15) is 4.31 Å². The Balaban J connectivity index is 1.27. The Kier molecular flexibility index (Phi) is 7.11. The molecule has 10 heteroatoms. The summed E-state index contributed by atoms with van der Waals surface area (Å²) >= 11 is 0. The fourth-order valence-electron chi connectivity index (χ4n) is 4.54. The summed E-state index contributed by atoms with van der Waals surface area (Å²) < 4.78 is 44.5. The minimum absolute atomic E-state index is 0.159. The fraction of sp³-hybridized carbons (Fsp3) is 0.259. The van der Waals surface area contributed by atoms with Crippen molar-refractivity contribution in [3.05, 3.63) is 83.9 Å². The van der Waals surface area contributed by atoms with E-state index in [4.69, 9.17) is 14.2 Å². The van der Waals surface area contributed by atoms with Crippen LogP contribution in [0, 0.1) is 0 Å². The Labute approximate surface area is 215 Å². The summed E-state index contributed by atoms with van der Waals surface area (Å²) in [4.78, 5) is 25.4. The van der Waals surface area contributed by atoms with E-state index in [0.29, 0.717) is 36.8 Å². The van der Waals surface area contributed by atoms with Crippen molar-refractivity contribution in [2.24, 2.45) is 0 Å². The van der Waals surface area contributed by atoms with Gasteiger partial charge < -0.3 is 19.5 Å². The third-order valence-electron chi connectivity index (χ3n) is 6.26. The van der Waals surface area contributed by atoms with Crippen LogP contribution in [0.5, 0.6) is 11.5 Å². The lowest BCUT2D eigenvalue weighted by atomic mass is 9.92. The summed E-state index contributed by atoms with van der Waals surface area (Å²) in [7, 11) is -3.85. The number of rotatable bonds is 7. The van der Waals surface area contributed by atoms with Gasteiger partial charge in [-0.05, 0) is 41.8 Å². The zero-order valence-electron chi connectivity index (χ0n) is 20.0. The molecule has 1 atom stereocenters. The Bertz CT molecular complexity index is 1410. The Hall–Kier alpha value is -3.89. The Morgan fingerprint density at radius 2 is 1.68 bits per heavy atom. The molecule has 9 nitrogen and oxygen atoms in total. The highest BCUT2D eigenvalue weighted by Crippen LogP contribution is 2.36. The zero-order chi connectivity index (χ0) is 25.8. The lowest BCUT2D eigenvalue weighted by molar-refractivity contribution is -0.148. The molecule has 0 bridgehead atoms. The number of hydrogen-bond donors (Lipinski definition) is 1. The number of hydrogen-bond acceptors (Lipinski definition) is 7. The molecule has 1 unspecified atom stereocenters. The molecule has 1 N–H and O–H groups in total. The van der Waals surface area contributed by atoms with Gasteiger partial charge >= 0.3 is 5.97 Å². The molecule has 37 heavy (non-hydrogen) atoms. The number of anilines is 1. The number of esters is 1. The van der Waals surface area contributed by atoms with Gasteiger partial charge in [0.15, 0.2) is 18.1 Å². The molecule has 3 aromatic rings. The molecule has 2 heterocycles. The van der Waals surface area contributed by atoms with Crippen LogP contribution in [-0.4, -0.2) is 51.0 Å².